The maximum absolute atomic E-state index is 13.3. The van der Waals surface area contributed by atoms with Crippen LogP contribution in [0.2, 0.25) is 0 Å². The minimum absolute atomic E-state index is 0.000700. The summed E-state index contributed by atoms with van der Waals surface area (Å²) in [5.74, 6) is 0.291. The van der Waals surface area contributed by atoms with Gasteiger partial charge in [0.1, 0.15) is 6.54 Å². The number of carbonyl (C=O) groups is 2. The van der Waals surface area contributed by atoms with E-state index in [-0.39, 0.29) is 18.4 Å². The number of hydrogen-bond donors (Lipinski definition) is 0. The van der Waals surface area contributed by atoms with Crippen LogP contribution in [0.3, 0.4) is 0 Å². The van der Waals surface area contributed by atoms with Crippen LogP contribution in [0.25, 0.3) is 0 Å². The van der Waals surface area contributed by atoms with Crippen LogP contribution in [-0.4, -0.2) is 45.8 Å². The molecule has 0 radical (unpaired) electrons. The molecule has 2 rings (SSSR count). The Bertz CT molecular complexity index is 854. The summed E-state index contributed by atoms with van der Waals surface area (Å²) in [6, 6.07) is 12.0. The van der Waals surface area contributed by atoms with Crippen molar-refractivity contribution in [2.45, 2.75) is 72.8 Å². The minimum Gasteiger partial charge on any atom is -0.353 e. The van der Waals surface area contributed by atoms with Gasteiger partial charge in [-0.1, -0.05) is 59.1 Å². The molecule has 0 aliphatic heterocycles. The van der Waals surface area contributed by atoms with Gasteiger partial charge in [0.05, 0.1) is 6.54 Å². The predicted octanol–water partition coefficient (Wildman–Crippen LogP) is 5.68. The molecule has 0 spiro atoms. The normalized spacial score (nSPS) is 11.1. The second-order valence-electron chi connectivity index (χ2n) is 9.51. The number of amides is 2. The molecular formula is C28H43N3O2. The van der Waals surface area contributed by atoms with Crippen LogP contribution in [0.5, 0.6) is 0 Å². The fourth-order valence-corrected chi connectivity index (χ4v) is 4.09. The third-order valence-corrected chi connectivity index (χ3v) is 5.97. The second-order valence-corrected chi connectivity index (χ2v) is 9.51. The zero-order valence-electron chi connectivity index (χ0n) is 21.3. The molecule has 0 unspecified atom stereocenters. The van der Waals surface area contributed by atoms with Gasteiger partial charge in [0.25, 0.3) is 5.91 Å². The van der Waals surface area contributed by atoms with Crippen molar-refractivity contribution in [2.75, 3.05) is 19.6 Å². The van der Waals surface area contributed by atoms with Crippen LogP contribution in [0.15, 0.2) is 42.6 Å². The zero-order valence-corrected chi connectivity index (χ0v) is 21.3. The predicted molar refractivity (Wildman–Crippen MR) is 136 cm³/mol. The van der Waals surface area contributed by atoms with Gasteiger partial charge in [0.2, 0.25) is 5.91 Å². The second kappa shape index (κ2) is 13.9. The number of carbonyl (C=O) groups excluding carboxylic acids is 2. The van der Waals surface area contributed by atoms with Crippen LogP contribution < -0.4 is 0 Å². The molecule has 0 fully saturated rings. The number of rotatable bonds is 14. The molecule has 1 aromatic heterocycles. The van der Waals surface area contributed by atoms with E-state index in [1.54, 1.807) is 4.90 Å². The highest BCUT2D eigenvalue weighted by Crippen LogP contribution is 2.14. The van der Waals surface area contributed by atoms with Crippen molar-refractivity contribution in [2.24, 2.45) is 13.0 Å². The van der Waals surface area contributed by atoms with Gasteiger partial charge in [-0.25, -0.2) is 0 Å². The first kappa shape index (κ1) is 26.7. The summed E-state index contributed by atoms with van der Waals surface area (Å²) in [5, 5.41) is 0. The van der Waals surface area contributed by atoms with Crippen molar-refractivity contribution >= 4 is 11.8 Å². The van der Waals surface area contributed by atoms with Gasteiger partial charge in [-0.3, -0.25) is 9.59 Å². The van der Waals surface area contributed by atoms with Gasteiger partial charge in [-0.2, -0.15) is 0 Å². The third-order valence-electron chi connectivity index (χ3n) is 5.97. The van der Waals surface area contributed by atoms with Crippen molar-refractivity contribution in [3.8, 4) is 0 Å². The Balaban J connectivity index is 2.06. The molecule has 0 atom stereocenters. The lowest BCUT2D eigenvalue weighted by Gasteiger charge is -2.29. The Morgan fingerprint density at radius 2 is 1.67 bits per heavy atom. The molecule has 0 bridgehead atoms. The number of aromatic nitrogens is 1. The van der Waals surface area contributed by atoms with E-state index in [1.807, 2.05) is 53.9 Å². The summed E-state index contributed by atoms with van der Waals surface area (Å²) in [6.45, 7) is 10.4. The van der Waals surface area contributed by atoms with Crippen molar-refractivity contribution in [1.82, 2.24) is 14.4 Å². The van der Waals surface area contributed by atoms with E-state index in [0.717, 1.165) is 18.5 Å². The SMILES string of the molecule is CCCCCCc1ccc(C(=O)N(CCC)CC(=O)N(Cc2cccn2C)CC(C)C)cc1. The number of aryl methyl sites for hydroxylation is 2. The lowest BCUT2D eigenvalue weighted by molar-refractivity contribution is -0.133. The van der Waals surface area contributed by atoms with Crippen LogP contribution >= 0.6 is 0 Å². The van der Waals surface area contributed by atoms with Crippen LogP contribution in [0.4, 0.5) is 0 Å². The van der Waals surface area contributed by atoms with E-state index in [2.05, 4.69) is 32.9 Å². The summed E-state index contributed by atoms with van der Waals surface area (Å²) in [5.41, 5.74) is 3.02. The van der Waals surface area contributed by atoms with E-state index in [9.17, 15) is 9.59 Å². The highest BCUT2D eigenvalue weighted by molar-refractivity contribution is 5.96. The maximum atomic E-state index is 13.3. The third kappa shape index (κ3) is 8.71. The average Bonchev–Trinajstić information content (AvgIpc) is 3.20. The molecule has 0 aliphatic rings. The standard InChI is InChI=1S/C28H43N3O2/c1-6-8-9-10-12-24-14-16-25(17-15-24)28(33)30(18-7-2)22-27(32)31(20-23(3)4)21-26-13-11-19-29(26)5/h11,13-17,19,23H,6-10,12,18,20-22H2,1-5H3. The molecule has 0 saturated carbocycles. The van der Waals surface area contributed by atoms with Gasteiger partial charge < -0.3 is 14.4 Å². The van der Waals surface area contributed by atoms with Crippen molar-refractivity contribution in [3.05, 3.63) is 59.4 Å². The number of nitrogens with zero attached hydrogens (tertiary/aromatic N) is 3. The summed E-state index contributed by atoms with van der Waals surface area (Å²) in [7, 11) is 1.99. The van der Waals surface area contributed by atoms with Crippen LogP contribution in [0.1, 0.15) is 81.4 Å². The largest absolute Gasteiger partial charge is 0.353 e. The molecular weight excluding hydrogens is 410 g/mol. The lowest BCUT2D eigenvalue weighted by atomic mass is 10.0. The highest BCUT2D eigenvalue weighted by atomic mass is 16.2. The van der Waals surface area contributed by atoms with Gasteiger partial charge in [0, 0.05) is 37.6 Å². The summed E-state index contributed by atoms with van der Waals surface area (Å²) in [4.78, 5) is 30.1. The molecule has 5 nitrogen and oxygen atoms in total. The molecule has 0 saturated heterocycles. The Morgan fingerprint density at radius 1 is 0.939 bits per heavy atom. The molecule has 33 heavy (non-hydrogen) atoms. The first-order chi connectivity index (χ1) is 15.8. The molecule has 1 heterocycles. The van der Waals surface area contributed by atoms with E-state index >= 15 is 0 Å². The average molecular weight is 454 g/mol. The van der Waals surface area contributed by atoms with Crippen molar-refractivity contribution in [1.29, 1.82) is 0 Å². The summed E-state index contributed by atoms with van der Waals surface area (Å²) < 4.78 is 2.04. The van der Waals surface area contributed by atoms with Crippen LogP contribution in [-0.2, 0) is 24.8 Å². The van der Waals surface area contributed by atoms with Gasteiger partial charge in [-0.15, -0.1) is 0 Å². The fraction of sp³-hybridized carbons (Fsp3) is 0.571. The highest BCUT2D eigenvalue weighted by Gasteiger charge is 2.23. The van der Waals surface area contributed by atoms with Crippen molar-refractivity contribution in [3.63, 3.8) is 0 Å². The molecule has 2 amide bonds. The molecule has 0 aliphatic carbocycles. The van der Waals surface area contributed by atoms with E-state index < -0.39 is 0 Å². The number of hydrogen-bond acceptors (Lipinski definition) is 2. The van der Waals surface area contributed by atoms with Gasteiger partial charge >= 0.3 is 0 Å². The molecule has 0 N–H and O–H groups in total. The topological polar surface area (TPSA) is 45.6 Å². The quantitative estimate of drug-likeness (QED) is 0.345. The van der Waals surface area contributed by atoms with Gasteiger partial charge in [-0.05, 0) is 55.0 Å². The Labute approximate surface area is 200 Å². The smallest absolute Gasteiger partial charge is 0.254 e. The first-order valence-electron chi connectivity index (χ1n) is 12.6. The number of benzene rings is 1. The molecule has 182 valence electrons. The zero-order chi connectivity index (χ0) is 24.2. The van der Waals surface area contributed by atoms with E-state index in [4.69, 9.17) is 0 Å². The van der Waals surface area contributed by atoms with E-state index in [0.29, 0.717) is 31.1 Å². The summed E-state index contributed by atoms with van der Waals surface area (Å²) in [6.07, 6.45) is 8.80. The maximum Gasteiger partial charge on any atom is 0.254 e. The molecule has 2 aromatic rings. The Kier molecular flexibility index (Phi) is 11.2. The van der Waals surface area contributed by atoms with Crippen molar-refractivity contribution < 1.29 is 9.59 Å². The Morgan fingerprint density at radius 3 is 2.24 bits per heavy atom. The minimum atomic E-state index is -0.0638. The first-order valence-corrected chi connectivity index (χ1v) is 12.6. The van der Waals surface area contributed by atoms with Gasteiger partial charge in [0.15, 0.2) is 0 Å². The monoisotopic (exact) mass is 453 g/mol. The fourth-order valence-electron chi connectivity index (χ4n) is 4.09. The molecule has 5 heteroatoms. The van der Waals surface area contributed by atoms with E-state index in [1.165, 1.54) is 31.2 Å². The Hall–Kier alpha value is -2.56. The lowest BCUT2D eigenvalue weighted by Crippen LogP contribution is -2.44. The molecule has 1 aromatic carbocycles. The number of unbranched alkanes of at least 4 members (excludes halogenated alkanes) is 3. The summed E-state index contributed by atoms with van der Waals surface area (Å²) >= 11 is 0. The van der Waals surface area contributed by atoms with Crippen LogP contribution in [0, 0.1) is 5.92 Å².